The summed E-state index contributed by atoms with van der Waals surface area (Å²) in [6, 6.07) is 0. The molecular weight excluding hydrogens is 387 g/mol. The largest absolute Gasteiger partial charge is 0.356 e. The van der Waals surface area contributed by atoms with Gasteiger partial charge in [0.1, 0.15) is 0 Å². The highest BCUT2D eigenvalue weighted by Crippen LogP contribution is 2.29. The van der Waals surface area contributed by atoms with Gasteiger partial charge >= 0.3 is 0 Å². The molecule has 1 amide bonds. The first-order chi connectivity index (χ1) is 8.85. The number of aliphatic imine (C=N–C) groups is 1. The molecule has 0 saturated carbocycles. The van der Waals surface area contributed by atoms with Crippen molar-refractivity contribution in [3.05, 3.63) is 0 Å². The molecular formula is C13H27IN4OS. The van der Waals surface area contributed by atoms with E-state index in [2.05, 4.69) is 29.1 Å². The van der Waals surface area contributed by atoms with E-state index in [1.54, 1.807) is 26.0 Å². The Morgan fingerprint density at radius 2 is 2.10 bits per heavy atom. The monoisotopic (exact) mass is 414 g/mol. The van der Waals surface area contributed by atoms with Crippen LogP contribution in [0.4, 0.5) is 0 Å². The third-order valence-electron chi connectivity index (χ3n) is 3.06. The van der Waals surface area contributed by atoms with Crippen LogP contribution >= 0.6 is 35.7 Å². The summed E-state index contributed by atoms with van der Waals surface area (Å²) >= 11 is 2.00. The highest BCUT2D eigenvalue weighted by molar-refractivity contribution is 14.0. The molecule has 0 aromatic heterocycles. The van der Waals surface area contributed by atoms with Gasteiger partial charge in [0.15, 0.2) is 5.96 Å². The predicted octanol–water partition coefficient (Wildman–Crippen LogP) is 1.49. The fourth-order valence-electron chi connectivity index (χ4n) is 2.03. The SMILES string of the molecule is CN=C(NCCC(=O)N(C)C)N1CCSC(C)(C)C1.I. The summed E-state index contributed by atoms with van der Waals surface area (Å²) in [6.45, 7) is 7.14. The van der Waals surface area contributed by atoms with Crippen molar-refractivity contribution in [3.8, 4) is 0 Å². The van der Waals surface area contributed by atoms with Crippen LogP contribution in [0.1, 0.15) is 20.3 Å². The van der Waals surface area contributed by atoms with Gasteiger partial charge in [0, 0.05) is 57.7 Å². The van der Waals surface area contributed by atoms with Crippen LogP contribution in [0.3, 0.4) is 0 Å². The molecule has 5 nitrogen and oxygen atoms in total. The minimum absolute atomic E-state index is 0. The Balaban J connectivity index is 0.00000361. The number of nitrogens with one attached hydrogen (secondary N) is 1. The molecule has 0 aromatic carbocycles. The van der Waals surface area contributed by atoms with Crippen molar-refractivity contribution >= 4 is 47.6 Å². The van der Waals surface area contributed by atoms with E-state index in [0.717, 1.165) is 24.8 Å². The zero-order valence-corrected chi connectivity index (χ0v) is 16.2. The van der Waals surface area contributed by atoms with Gasteiger partial charge < -0.3 is 15.1 Å². The minimum Gasteiger partial charge on any atom is -0.356 e. The van der Waals surface area contributed by atoms with Crippen molar-refractivity contribution in [1.29, 1.82) is 0 Å². The van der Waals surface area contributed by atoms with Gasteiger partial charge in [-0.1, -0.05) is 0 Å². The van der Waals surface area contributed by atoms with Gasteiger partial charge in [0.2, 0.25) is 5.91 Å². The van der Waals surface area contributed by atoms with E-state index in [4.69, 9.17) is 0 Å². The van der Waals surface area contributed by atoms with Crippen molar-refractivity contribution in [1.82, 2.24) is 15.1 Å². The third-order valence-corrected chi connectivity index (χ3v) is 4.36. The third kappa shape index (κ3) is 6.51. The van der Waals surface area contributed by atoms with Crippen molar-refractivity contribution in [2.45, 2.75) is 25.0 Å². The molecule has 0 spiro atoms. The highest BCUT2D eigenvalue weighted by atomic mass is 127. The molecule has 1 fully saturated rings. The number of nitrogens with zero attached hydrogens (tertiary/aromatic N) is 3. The first kappa shape index (κ1) is 19.8. The molecule has 118 valence electrons. The smallest absolute Gasteiger partial charge is 0.223 e. The van der Waals surface area contributed by atoms with Crippen LogP contribution in [0.5, 0.6) is 0 Å². The Hall–Kier alpha value is -0.180. The molecule has 7 heteroatoms. The van der Waals surface area contributed by atoms with Gasteiger partial charge in [0.05, 0.1) is 0 Å². The molecule has 0 unspecified atom stereocenters. The molecule has 0 aliphatic carbocycles. The van der Waals surface area contributed by atoms with E-state index in [-0.39, 0.29) is 34.6 Å². The van der Waals surface area contributed by atoms with Crippen LogP contribution in [0.2, 0.25) is 0 Å². The number of rotatable bonds is 3. The second kappa shape index (κ2) is 8.96. The van der Waals surface area contributed by atoms with Crippen LogP contribution in [-0.2, 0) is 4.79 Å². The number of hydrogen-bond acceptors (Lipinski definition) is 3. The number of amides is 1. The second-order valence-electron chi connectivity index (χ2n) is 5.54. The Morgan fingerprint density at radius 1 is 1.45 bits per heavy atom. The molecule has 0 aromatic rings. The maximum atomic E-state index is 11.5. The van der Waals surface area contributed by atoms with Gasteiger partial charge in [-0.25, -0.2) is 0 Å². The first-order valence-corrected chi connectivity index (χ1v) is 7.64. The molecule has 0 radical (unpaired) electrons. The fourth-order valence-corrected chi connectivity index (χ4v) is 3.15. The first-order valence-electron chi connectivity index (χ1n) is 6.65. The summed E-state index contributed by atoms with van der Waals surface area (Å²) in [5.74, 6) is 2.15. The molecule has 20 heavy (non-hydrogen) atoms. The Bertz CT molecular complexity index is 347. The van der Waals surface area contributed by atoms with Crippen molar-refractivity contribution in [2.75, 3.05) is 46.5 Å². The lowest BCUT2D eigenvalue weighted by atomic mass is 10.2. The Kier molecular flexibility index (Phi) is 8.88. The van der Waals surface area contributed by atoms with E-state index < -0.39 is 0 Å². The van der Waals surface area contributed by atoms with E-state index in [1.807, 2.05) is 11.8 Å². The average molecular weight is 414 g/mol. The van der Waals surface area contributed by atoms with Gasteiger partial charge in [-0.3, -0.25) is 9.79 Å². The van der Waals surface area contributed by atoms with E-state index in [0.29, 0.717) is 13.0 Å². The standard InChI is InChI=1S/C13H26N4OS.HI/c1-13(2)10-17(8-9-19-13)12(14-3)15-7-6-11(18)16(4)5;/h6-10H2,1-5H3,(H,14,15);1H. The number of guanidine groups is 1. The molecule has 1 aliphatic rings. The molecule has 1 rings (SSSR count). The Morgan fingerprint density at radius 3 is 2.60 bits per heavy atom. The molecule has 1 saturated heterocycles. The summed E-state index contributed by atoms with van der Waals surface area (Å²) in [4.78, 5) is 19.7. The normalized spacial score (nSPS) is 18.2. The maximum Gasteiger partial charge on any atom is 0.223 e. The van der Waals surface area contributed by atoms with Crippen molar-refractivity contribution in [3.63, 3.8) is 0 Å². The molecule has 1 heterocycles. The molecule has 0 bridgehead atoms. The number of hydrogen-bond donors (Lipinski definition) is 1. The van der Waals surface area contributed by atoms with Gasteiger partial charge in [-0.15, -0.1) is 24.0 Å². The number of thioether (sulfide) groups is 1. The lowest BCUT2D eigenvalue weighted by Gasteiger charge is -2.39. The maximum absolute atomic E-state index is 11.5. The van der Waals surface area contributed by atoms with Gasteiger partial charge in [-0.2, -0.15) is 11.8 Å². The highest BCUT2D eigenvalue weighted by Gasteiger charge is 2.28. The van der Waals surface area contributed by atoms with Crippen LogP contribution < -0.4 is 5.32 Å². The zero-order chi connectivity index (χ0) is 14.5. The minimum atomic E-state index is 0. The van der Waals surface area contributed by atoms with Crippen LogP contribution in [0.15, 0.2) is 4.99 Å². The topological polar surface area (TPSA) is 47.9 Å². The lowest BCUT2D eigenvalue weighted by Crippen LogP contribution is -2.51. The lowest BCUT2D eigenvalue weighted by molar-refractivity contribution is -0.128. The fraction of sp³-hybridized carbons (Fsp3) is 0.846. The average Bonchev–Trinajstić information content (AvgIpc) is 2.32. The van der Waals surface area contributed by atoms with Crippen molar-refractivity contribution in [2.24, 2.45) is 4.99 Å². The van der Waals surface area contributed by atoms with Crippen molar-refractivity contribution < 1.29 is 4.79 Å². The summed E-state index contributed by atoms with van der Waals surface area (Å²) in [5, 5.41) is 3.28. The van der Waals surface area contributed by atoms with E-state index >= 15 is 0 Å². The zero-order valence-electron chi connectivity index (χ0n) is 13.1. The number of carbonyl (C=O) groups excluding carboxylic acids is 1. The molecule has 0 atom stereocenters. The second-order valence-corrected chi connectivity index (χ2v) is 7.34. The summed E-state index contributed by atoms with van der Waals surface area (Å²) in [5.41, 5.74) is 0. The quantitative estimate of drug-likeness (QED) is 0.432. The van der Waals surface area contributed by atoms with Gasteiger partial charge in [-0.05, 0) is 13.8 Å². The number of carbonyl (C=O) groups is 1. The number of halogens is 1. The van der Waals surface area contributed by atoms with E-state index in [9.17, 15) is 4.79 Å². The summed E-state index contributed by atoms with van der Waals surface area (Å²) in [6.07, 6.45) is 0.498. The molecule has 1 N–H and O–H groups in total. The Labute approximate surface area is 144 Å². The van der Waals surface area contributed by atoms with Crippen LogP contribution in [-0.4, -0.2) is 72.9 Å². The van der Waals surface area contributed by atoms with Crippen LogP contribution in [0, 0.1) is 0 Å². The van der Waals surface area contributed by atoms with Crippen LogP contribution in [0.25, 0.3) is 0 Å². The predicted molar refractivity (Wildman–Crippen MR) is 98.2 cm³/mol. The van der Waals surface area contributed by atoms with E-state index in [1.165, 1.54) is 0 Å². The summed E-state index contributed by atoms with van der Waals surface area (Å²) in [7, 11) is 5.36. The summed E-state index contributed by atoms with van der Waals surface area (Å²) < 4.78 is 0.259. The van der Waals surface area contributed by atoms with Gasteiger partial charge in [0.25, 0.3) is 0 Å². The molecule has 1 aliphatic heterocycles.